The van der Waals surface area contributed by atoms with Crippen molar-refractivity contribution in [3.8, 4) is 0 Å². The highest BCUT2D eigenvalue weighted by atomic mass is 32.2. The van der Waals surface area contributed by atoms with E-state index < -0.39 is 27.9 Å². The van der Waals surface area contributed by atoms with Crippen molar-refractivity contribution in [2.24, 2.45) is 5.92 Å². The molecule has 0 aliphatic heterocycles. The van der Waals surface area contributed by atoms with Crippen molar-refractivity contribution in [3.63, 3.8) is 0 Å². The van der Waals surface area contributed by atoms with Crippen molar-refractivity contribution >= 4 is 50.7 Å². The number of Topliss-reactive ketones (excluding diaryl/α,β-unsaturated/α-hetero) is 1. The Bertz CT molecular complexity index is 2080. The van der Waals surface area contributed by atoms with E-state index in [1.165, 1.54) is 34.8 Å². The summed E-state index contributed by atoms with van der Waals surface area (Å²) in [4.78, 5) is 51.9. The molecule has 2 aliphatic rings. The van der Waals surface area contributed by atoms with Crippen molar-refractivity contribution in [2.75, 3.05) is 12.4 Å². The van der Waals surface area contributed by atoms with Crippen molar-refractivity contribution < 1.29 is 37.8 Å². The molecule has 1 heterocycles. The first-order chi connectivity index (χ1) is 24.9. The quantitative estimate of drug-likeness (QED) is 0.123. The van der Waals surface area contributed by atoms with E-state index in [1.807, 2.05) is 36.4 Å². The molecule has 272 valence electrons. The third-order valence-electron chi connectivity index (χ3n) is 10.3. The Kier molecular flexibility index (Phi) is 11.4. The van der Waals surface area contributed by atoms with Gasteiger partial charge in [-0.05, 0) is 117 Å². The average Bonchev–Trinajstić information content (AvgIpc) is 3.52. The van der Waals surface area contributed by atoms with E-state index >= 15 is 0 Å². The SMILES string of the molecule is CN(C1CCC(C(=O)O)CC1)S(=O)(=O)c1cccc(C(=O)Cc2sc3c(c2C(=O)Nc2ccc(CCc4ccc(C(=O)O)cc4)cc2)CCCC3)c1. The molecule has 1 saturated carbocycles. The van der Waals surface area contributed by atoms with Gasteiger partial charge in [0.1, 0.15) is 0 Å². The summed E-state index contributed by atoms with van der Waals surface area (Å²) in [5.41, 5.74) is 4.74. The summed E-state index contributed by atoms with van der Waals surface area (Å²) >= 11 is 1.49. The van der Waals surface area contributed by atoms with Crippen LogP contribution in [0.3, 0.4) is 0 Å². The summed E-state index contributed by atoms with van der Waals surface area (Å²) in [6.45, 7) is 0. The number of ketones is 1. The van der Waals surface area contributed by atoms with Crippen LogP contribution in [0.15, 0.2) is 77.7 Å². The molecule has 4 aromatic rings. The van der Waals surface area contributed by atoms with E-state index in [9.17, 15) is 32.7 Å². The fraction of sp³-hybridized carbons (Fsp3) is 0.350. The molecule has 6 rings (SSSR count). The lowest BCUT2D eigenvalue weighted by Gasteiger charge is -2.32. The molecule has 3 N–H and O–H groups in total. The van der Waals surface area contributed by atoms with Crippen LogP contribution in [0.5, 0.6) is 0 Å². The second kappa shape index (κ2) is 15.9. The molecule has 1 aromatic heterocycles. The summed E-state index contributed by atoms with van der Waals surface area (Å²) in [6.07, 6.45) is 6.76. The second-order valence-corrected chi connectivity index (χ2v) is 16.8. The predicted molar refractivity (Wildman–Crippen MR) is 199 cm³/mol. The number of aryl methyl sites for hydroxylation is 3. The number of aliphatic carboxylic acids is 1. The van der Waals surface area contributed by atoms with Gasteiger partial charge in [-0.2, -0.15) is 4.31 Å². The standard InChI is InChI=1S/C40H42N2O8S2/c1-42(31-21-17-28(18-22-31)40(47)48)52(49,50)32-6-4-5-29(23-32)34(43)24-36-37(33-7-2-3-8-35(33)51-36)38(44)41-30-19-13-26(14-20-30)10-9-25-11-15-27(16-12-25)39(45)46/h4-6,11-16,19-20,23,28,31H,2-3,7-10,17-18,21-22,24H2,1H3,(H,41,44)(H,45,46)(H,47,48). The molecule has 0 radical (unpaired) electrons. The predicted octanol–water partition coefficient (Wildman–Crippen LogP) is 7.05. The number of carboxylic acid groups (broad SMARTS) is 2. The Hall–Kier alpha value is -4.65. The van der Waals surface area contributed by atoms with Crippen LogP contribution >= 0.6 is 11.3 Å². The first kappa shape index (κ1) is 37.1. The lowest BCUT2D eigenvalue weighted by atomic mass is 9.86. The Morgan fingerprint density at radius 3 is 2.10 bits per heavy atom. The number of nitrogens with one attached hydrogen (secondary N) is 1. The minimum absolute atomic E-state index is 0.00388. The smallest absolute Gasteiger partial charge is 0.335 e. The van der Waals surface area contributed by atoms with Gasteiger partial charge in [0.05, 0.1) is 21.9 Å². The molecule has 1 amide bonds. The van der Waals surface area contributed by atoms with Crippen molar-refractivity contribution in [1.82, 2.24) is 4.31 Å². The monoisotopic (exact) mass is 742 g/mol. The van der Waals surface area contributed by atoms with Crippen LogP contribution in [0.25, 0.3) is 0 Å². The van der Waals surface area contributed by atoms with Crippen LogP contribution in [0.2, 0.25) is 0 Å². The van der Waals surface area contributed by atoms with Crippen molar-refractivity contribution in [3.05, 3.63) is 116 Å². The third-order valence-corrected chi connectivity index (χ3v) is 13.5. The number of carbonyl (C=O) groups is 4. The fourth-order valence-corrected chi connectivity index (χ4v) is 10.0. The molecule has 0 saturated heterocycles. The molecule has 3 aromatic carbocycles. The normalized spacial score (nSPS) is 17.3. The molecule has 0 spiro atoms. The molecular weight excluding hydrogens is 701 g/mol. The Labute approximate surface area is 307 Å². The number of aromatic carboxylic acids is 1. The molecule has 2 aliphatic carbocycles. The molecule has 0 atom stereocenters. The largest absolute Gasteiger partial charge is 0.481 e. The highest BCUT2D eigenvalue weighted by Crippen LogP contribution is 2.36. The Balaban J connectivity index is 1.14. The van der Waals surface area contributed by atoms with Gasteiger partial charge in [0.2, 0.25) is 10.0 Å². The minimum atomic E-state index is -3.94. The van der Waals surface area contributed by atoms with Crippen LogP contribution in [0, 0.1) is 5.92 Å². The lowest BCUT2D eigenvalue weighted by Crippen LogP contribution is -2.40. The molecular formula is C40H42N2O8S2. The maximum atomic E-state index is 13.9. The topological polar surface area (TPSA) is 158 Å². The zero-order valence-corrected chi connectivity index (χ0v) is 30.6. The minimum Gasteiger partial charge on any atom is -0.481 e. The number of thiophene rings is 1. The first-order valence-corrected chi connectivity index (χ1v) is 19.9. The van der Waals surface area contributed by atoms with Crippen LogP contribution < -0.4 is 5.32 Å². The van der Waals surface area contributed by atoms with Gasteiger partial charge < -0.3 is 15.5 Å². The number of anilines is 1. The summed E-state index contributed by atoms with van der Waals surface area (Å²) in [6, 6.07) is 20.1. The van der Waals surface area contributed by atoms with Crippen molar-refractivity contribution in [2.45, 2.75) is 81.6 Å². The fourth-order valence-electron chi connectivity index (χ4n) is 7.19. The number of fused-ring (bicyclic) bond motifs is 1. The van der Waals surface area contributed by atoms with Gasteiger partial charge in [0.25, 0.3) is 5.91 Å². The average molecular weight is 743 g/mol. The summed E-state index contributed by atoms with van der Waals surface area (Å²) in [7, 11) is -2.43. The highest BCUT2D eigenvalue weighted by Gasteiger charge is 2.34. The van der Waals surface area contributed by atoms with Gasteiger partial charge in [-0.3, -0.25) is 14.4 Å². The lowest BCUT2D eigenvalue weighted by molar-refractivity contribution is -0.143. The third kappa shape index (κ3) is 8.35. The highest BCUT2D eigenvalue weighted by molar-refractivity contribution is 7.89. The van der Waals surface area contributed by atoms with Gasteiger partial charge in [-0.15, -0.1) is 11.3 Å². The van der Waals surface area contributed by atoms with Gasteiger partial charge >= 0.3 is 11.9 Å². The van der Waals surface area contributed by atoms with E-state index in [0.29, 0.717) is 41.8 Å². The zero-order valence-electron chi connectivity index (χ0n) is 29.0. The van der Waals surface area contributed by atoms with Crippen LogP contribution in [-0.4, -0.2) is 59.7 Å². The molecule has 12 heteroatoms. The van der Waals surface area contributed by atoms with E-state index in [-0.39, 0.29) is 40.2 Å². The summed E-state index contributed by atoms with van der Waals surface area (Å²) < 4.78 is 28.5. The van der Waals surface area contributed by atoms with Gasteiger partial charge in [-0.1, -0.05) is 36.4 Å². The first-order valence-electron chi connectivity index (χ1n) is 17.6. The number of benzene rings is 3. The van der Waals surface area contributed by atoms with Gasteiger partial charge in [0, 0.05) is 40.5 Å². The number of carboxylic acids is 2. The number of amides is 1. The number of rotatable bonds is 13. The number of hydrogen-bond donors (Lipinski definition) is 3. The Morgan fingerprint density at radius 2 is 1.46 bits per heavy atom. The molecule has 0 bridgehead atoms. The summed E-state index contributed by atoms with van der Waals surface area (Å²) in [5.74, 6) is -2.82. The number of hydrogen-bond acceptors (Lipinski definition) is 7. The zero-order chi connectivity index (χ0) is 37.0. The van der Waals surface area contributed by atoms with E-state index in [4.69, 9.17) is 5.11 Å². The second-order valence-electron chi connectivity index (χ2n) is 13.7. The van der Waals surface area contributed by atoms with Crippen LogP contribution in [-0.2, 0) is 46.9 Å². The van der Waals surface area contributed by atoms with E-state index in [2.05, 4.69) is 5.32 Å². The molecule has 10 nitrogen and oxygen atoms in total. The number of sulfonamides is 1. The van der Waals surface area contributed by atoms with Crippen molar-refractivity contribution in [1.29, 1.82) is 0 Å². The van der Waals surface area contributed by atoms with E-state index in [0.717, 1.165) is 60.1 Å². The number of carbonyl (C=O) groups excluding carboxylic acids is 2. The summed E-state index contributed by atoms with van der Waals surface area (Å²) in [5, 5.41) is 21.5. The van der Waals surface area contributed by atoms with Gasteiger partial charge in [-0.25, -0.2) is 13.2 Å². The maximum absolute atomic E-state index is 13.9. The van der Waals surface area contributed by atoms with Crippen LogP contribution in [0.1, 0.15) is 96.0 Å². The molecule has 0 unspecified atom stereocenters. The Morgan fingerprint density at radius 1 is 0.827 bits per heavy atom. The van der Waals surface area contributed by atoms with E-state index in [1.54, 1.807) is 24.3 Å². The molecule has 52 heavy (non-hydrogen) atoms. The number of nitrogens with zero attached hydrogens (tertiary/aromatic N) is 1. The molecule has 1 fully saturated rings. The van der Waals surface area contributed by atoms with Gasteiger partial charge in [0.15, 0.2) is 5.78 Å². The maximum Gasteiger partial charge on any atom is 0.335 e. The van der Waals surface area contributed by atoms with Crippen LogP contribution in [0.4, 0.5) is 5.69 Å².